The molecule has 294 valence electrons. The average Bonchev–Trinajstić information content (AvgIpc) is 3.59. The Balaban J connectivity index is 1.04. The van der Waals surface area contributed by atoms with Gasteiger partial charge in [-0.05, 0) is 69.5 Å². The number of allylic oxidation sites excluding steroid dienone is 2. The Morgan fingerprint density at radius 2 is 1.02 bits per heavy atom. The molecule has 0 bridgehead atoms. The van der Waals surface area contributed by atoms with Gasteiger partial charge in [-0.1, -0.05) is 83.8 Å². The summed E-state index contributed by atoms with van der Waals surface area (Å²) in [7, 11) is 0. The number of ketones is 2. The molecule has 0 saturated heterocycles. The lowest BCUT2D eigenvalue weighted by Crippen LogP contribution is -2.46. The third-order valence-electron chi connectivity index (χ3n) is 12.7. The number of hydrogen-bond acceptors (Lipinski definition) is 10. The maximum atomic E-state index is 14.1. The number of fused-ring (bicyclic) bond motifs is 6. The molecular formula is C46H42Br2N6O4. The van der Waals surface area contributed by atoms with Crippen molar-refractivity contribution in [3.63, 3.8) is 0 Å². The summed E-state index contributed by atoms with van der Waals surface area (Å²) in [6.45, 7) is 9.95. The minimum Gasteiger partial charge on any atom is -0.444 e. The zero-order chi connectivity index (χ0) is 41.1. The minimum atomic E-state index is -1.07. The van der Waals surface area contributed by atoms with E-state index in [4.69, 9.17) is 20.9 Å². The van der Waals surface area contributed by atoms with E-state index < -0.39 is 10.8 Å². The van der Waals surface area contributed by atoms with Crippen LogP contribution in [0.25, 0.3) is 0 Å². The Kier molecular flexibility index (Phi) is 8.64. The van der Waals surface area contributed by atoms with Gasteiger partial charge < -0.3 is 30.7 Å². The van der Waals surface area contributed by atoms with Gasteiger partial charge in [-0.15, -0.1) is 0 Å². The molecule has 2 aliphatic carbocycles. The van der Waals surface area contributed by atoms with Crippen LogP contribution in [0, 0.1) is 33.5 Å². The second-order valence-electron chi connectivity index (χ2n) is 18.0. The van der Waals surface area contributed by atoms with Crippen molar-refractivity contribution in [3.05, 3.63) is 137 Å². The summed E-state index contributed by atoms with van der Waals surface area (Å²) < 4.78 is 13.8. The zero-order valence-corrected chi connectivity index (χ0v) is 35.9. The van der Waals surface area contributed by atoms with Crippen molar-refractivity contribution in [2.75, 3.05) is 22.9 Å². The summed E-state index contributed by atoms with van der Waals surface area (Å²) in [4.78, 5) is 32.6. The quantitative estimate of drug-likeness (QED) is 0.260. The Morgan fingerprint density at radius 3 is 1.38 bits per heavy atom. The number of Topliss-reactive ketones (excluding diaryl/α,β-unsaturated/α-hetero) is 2. The van der Waals surface area contributed by atoms with Gasteiger partial charge in [0.1, 0.15) is 34.8 Å². The van der Waals surface area contributed by atoms with Crippen molar-refractivity contribution in [2.45, 2.75) is 77.3 Å². The summed E-state index contributed by atoms with van der Waals surface area (Å²) in [6.07, 6.45) is 1.79. The molecule has 0 saturated carbocycles. The number of benzene rings is 3. The number of nitrogens with zero attached hydrogens (tertiary/aromatic N) is 4. The minimum absolute atomic E-state index is 0.0220. The maximum Gasteiger partial charge on any atom is 0.205 e. The van der Waals surface area contributed by atoms with Gasteiger partial charge in [0.05, 0.1) is 22.0 Å². The normalized spacial score (nSPS) is 25.3. The maximum absolute atomic E-state index is 14.1. The van der Waals surface area contributed by atoms with Gasteiger partial charge in [-0.3, -0.25) is 9.59 Å². The second-order valence-corrected chi connectivity index (χ2v) is 19.9. The lowest BCUT2D eigenvalue weighted by Gasteiger charge is -2.42. The van der Waals surface area contributed by atoms with Gasteiger partial charge in [-0.25, -0.2) is 0 Å². The predicted molar refractivity (Wildman–Crippen MR) is 226 cm³/mol. The highest BCUT2D eigenvalue weighted by atomic mass is 79.9. The first-order valence-electron chi connectivity index (χ1n) is 19.4. The molecule has 3 aromatic carbocycles. The number of ether oxygens (including phenoxy) is 2. The molecule has 2 atom stereocenters. The van der Waals surface area contributed by atoms with Gasteiger partial charge >= 0.3 is 0 Å². The summed E-state index contributed by atoms with van der Waals surface area (Å²) in [5, 5.41) is 21.2. The molecule has 6 aliphatic rings. The van der Waals surface area contributed by atoms with Crippen LogP contribution in [0.2, 0.25) is 0 Å². The van der Waals surface area contributed by atoms with Gasteiger partial charge in [0.25, 0.3) is 0 Å². The summed E-state index contributed by atoms with van der Waals surface area (Å²) in [5.41, 5.74) is 17.5. The van der Waals surface area contributed by atoms with E-state index in [0.717, 1.165) is 42.6 Å². The molecule has 4 aliphatic heterocycles. The standard InChI is InChI=1S/C46H42Br2N6O4/c1-43(2)15-35(55)39-37(17-43)57-41(51)31(19-49)45(39)23-53(33-11-9-27(47)13-29(33)45)21-25-5-7-26(8-6-25)22-54-24-46(30-14-28(48)10-12-34(30)54)32(20-50)42(52)58-38-18-44(3,4)16-36(56)40(38)46/h5-14H,15-18,21-24,51-52H2,1-4H3. The van der Waals surface area contributed by atoms with Gasteiger partial charge in [-0.2, -0.15) is 10.5 Å². The van der Waals surface area contributed by atoms with E-state index in [1.807, 2.05) is 64.1 Å². The molecule has 2 unspecified atom stereocenters. The van der Waals surface area contributed by atoms with Crippen LogP contribution in [0.1, 0.15) is 75.6 Å². The first kappa shape index (κ1) is 38.2. The molecule has 4 heterocycles. The fraction of sp³-hybridized carbons (Fsp3) is 0.348. The SMILES string of the molecule is CC1(C)CC(=O)C2=C(C1)OC(N)=C(C#N)C21CN(Cc2ccc(CN3CC4(C(C#N)=C(N)OC5=C4C(=O)CC(C)(C)C5)c4cc(Br)ccc43)cc2)c2ccc(Br)cc21. The molecule has 2 spiro atoms. The van der Waals surface area contributed by atoms with Crippen LogP contribution in [0.3, 0.4) is 0 Å². The molecule has 58 heavy (non-hydrogen) atoms. The van der Waals surface area contributed by atoms with Crippen molar-refractivity contribution in [1.82, 2.24) is 0 Å². The number of halogens is 2. The van der Waals surface area contributed by atoms with Crippen molar-refractivity contribution in [1.29, 1.82) is 10.5 Å². The molecule has 9 rings (SSSR count). The molecule has 4 N–H and O–H groups in total. The van der Waals surface area contributed by atoms with E-state index >= 15 is 0 Å². The molecule has 10 nitrogen and oxygen atoms in total. The molecule has 12 heteroatoms. The van der Waals surface area contributed by atoms with Crippen LogP contribution in [-0.2, 0) is 43.0 Å². The topological polar surface area (TPSA) is 159 Å². The smallest absolute Gasteiger partial charge is 0.205 e. The second kappa shape index (κ2) is 13.1. The Hall–Kier alpha value is -5.30. The van der Waals surface area contributed by atoms with E-state index in [1.165, 1.54) is 0 Å². The first-order chi connectivity index (χ1) is 27.5. The molecular weight excluding hydrogens is 860 g/mol. The van der Waals surface area contributed by atoms with Crippen LogP contribution >= 0.6 is 31.9 Å². The van der Waals surface area contributed by atoms with Crippen LogP contribution in [0.15, 0.2) is 115 Å². The van der Waals surface area contributed by atoms with Crippen LogP contribution in [0.4, 0.5) is 11.4 Å². The van der Waals surface area contributed by atoms with E-state index in [2.05, 4.69) is 78.1 Å². The lowest BCUT2D eigenvalue weighted by atomic mass is 9.62. The van der Waals surface area contributed by atoms with Crippen molar-refractivity contribution < 1.29 is 19.1 Å². The van der Waals surface area contributed by atoms with E-state index in [1.54, 1.807) is 0 Å². The zero-order valence-electron chi connectivity index (χ0n) is 32.8. The Labute approximate surface area is 354 Å². The first-order valence-corrected chi connectivity index (χ1v) is 21.0. The Bertz CT molecular complexity index is 2430. The van der Waals surface area contributed by atoms with Crippen molar-refractivity contribution >= 4 is 54.8 Å². The highest BCUT2D eigenvalue weighted by Gasteiger charge is 2.59. The Morgan fingerprint density at radius 1 is 0.638 bits per heavy atom. The fourth-order valence-corrected chi connectivity index (χ4v) is 11.2. The molecule has 0 fully saturated rings. The highest BCUT2D eigenvalue weighted by Crippen LogP contribution is 2.59. The third-order valence-corrected chi connectivity index (χ3v) is 13.7. The summed E-state index contributed by atoms with van der Waals surface area (Å²) in [6, 6.07) is 25.1. The fourth-order valence-electron chi connectivity index (χ4n) is 10.5. The number of hydrogen-bond donors (Lipinski definition) is 2. The number of nitriles is 2. The predicted octanol–water partition coefficient (Wildman–Crippen LogP) is 8.46. The van der Waals surface area contributed by atoms with E-state index in [-0.39, 0.29) is 45.3 Å². The summed E-state index contributed by atoms with van der Waals surface area (Å²) in [5.74, 6) is 1.16. The van der Waals surface area contributed by atoms with Crippen LogP contribution < -0.4 is 21.3 Å². The number of anilines is 2. The molecule has 0 radical (unpaired) electrons. The summed E-state index contributed by atoms with van der Waals surface area (Å²) >= 11 is 7.32. The number of nitrogens with two attached hydrogens (primary N) is 2. The third kappa shape index (κ3) is 5.66. The molecule has 0 amide bonds. The largest absolute Gasteiger partial charge is 0.444 e. The number of carbonyl (C=O) groups excluding carboxylic acids is 2. The monoisotopic (exact) mass is 900 g/mol. The lowest BCUT2D eigenvalue weighted by molar-refractivity contribution is -0.120. The van der Waals surface area contributed by atoms with E-state index in [9.17, 15) is 20.1 Å². The van der Waals surface area contributed by atoms with Crippen LogP contribution in [-0.4, -0.2) is 24.7 Å². The van der Waals surface area contributed by atoms with E-state index in [0.29, 0.717) is 74.5 Å². The number of rotatable bonds is 4. The van der Waals surface area contributed by atoms with Gasteiger partial charge in [0.2, 0.25) is 11.8 Å². The van der Waals surface area contributed by atoms with Crippen molar-refractivity contribution in [2.24, 2.45) is 22.3 Å². The molecule has 0 aromatic heterocycles. The van der Waals surface area contributed by atoms with Gasteiger partial charge in [0, 0.05) is 72.2 Å². The number of carbonyl (C=O) groups is 2. The molecule has 3 aromatic rings. The van der Waals surface area contributed by atoms with Crippen molar-refractivity contribution in [3.8, 4) is 12.1 Å². The average molecular weight is 903 g/mol. The van der Waals surface area contributed by atoms with Crippen LogP contribution in [0.5, 0.6) is 0 Å². The van der Waals surface area contributed by atoms with Gasteiger partial charge in [0.15, 0.2) is 11.6 Å². The highest BCUT2D eigenvalue weighted by molar-refractivity contribution is 9.10.